The fourth-order valence-electron chi connectivity index (χ4n) is 1.21. The van der Waals surface area contributed by atoms with E-state index in [4.69, 9.17) is 4.74 Å². The molecule has 0 aromatic heterocycles. The van der Waals surface area contributed by atoms with Crippen molar-refractivity contribution in [3.8, 4) is 0 Å². The number of carbonyl (C=O) groups is 1. The monoisotopic (exact) mass is 286 g/mol. The van der Waals surface area contributed by atoms with Crippen molar-refractivity contribution >= 4 is 22.0 Å². The van der Waals surface area contributed by atoms with E-state index in [0.717, 1.165) is 10.9 Å². The van der Waals surface area contributed by atoms with Crippen LogP contribution in [0.3, 0.4) is 0 Å². The molecule has 4 nitrogen and oxygen atoms in total. The normalized spacial score (nSPS) is 9.88. The Morgan fingerprint density at radius 2 is 2.25 bits per heavy atom. The molecule has 0 fully saturated rings. The standard InChI is InChI=1S/C11H15BrN2O2/c1-16-8-14-11(15)13-6-5-9-3-2-4-10(12)7-9/h2-4,7H,5-6,8H2,1H3,(H2,13,14,15). The van der Waals surface area contributed by atoms with Crippen molar-refractivity contribution in [3.63, 3.8) is 0 Å². The molecule has 0 aliphatic carbocycles. The summed E-state index contributed by atoms with van der Waals surface area (Å²) in [6.45, 7) is 0.828. The van der Waals surface area contributed by atoms with Gasteiger partial charge >= 0.3 is 6.03 Å². The molecular weight excluding hydrogens is 272 g/mol. The van der Waals surface area contributed by atoms with Crippen LogP contribution in [-0.4, -0.2) is 26.4 Å². The largest absolute Gasteiger partial charge is 0.364 e. The van der Waals surface area contributed by atoms with Gasteiger partial charge in [-0.3, -0.25) is 0 Å². The topological polar surface area (TPSA) is 50.4 Å². The van der Waals surface area contributed by atoms with E-state index < -0.39 is 0 Å². The molecule has 0 atom stereocenters. The molecule has 0 radical (unpaired) electrons. The molecule has 0 saturated carbocycles. The molecule has 0 spiro atoms. The van der Waals surface area contributed by atoms with Crippen molar-refractivity contribution in [2.75, 3.05) is 20.4 Å². The molecule has 1 aromatic rings. The first kappa shape index (κ1) is 13.0. The van der Waals surface area contributed by atoms with Gasteiger partial charge in [-0.15, -0.1) is 0 Å². The van der Waals surface area contributed by atoms with Crippen LogP contribution in [0.4, 0.5) is 4.79 Å². The Morgan fingerprint density at radius 1 is 1.44 bits per heavy atom. The smallest absolute Gasteiger partial charge is 0.316 e. The van der Waals surface area contributed by atoms with Crippen molar-refractivity contribution in [3.05, 3.63) is 34.3 Å². The maximum Gasteiger partial charge on any atom is 0.316 e. The first-order chi connectivity index (χ1) is 7.72. The minimum absolute atomic E-state index is 0.211. The summed E-state index contributed by atoms with van der Waals surface area (Å²) in [5.74, 6) is 0. The zero-order valence-corrected chi connectivity index (χ0v) is 10.7. The molecule has 0 unspecified atom stereocenters. The van der Waals surface area contributed by atoms with Crippen molar-refractivity contribution < 1.29 is 9.53 Å². The molecule has 16 heavy (non-hydrogen) atoms. The van der Waals surface area contributed by atoms with Crippen LogP contribution in [-0.2, 0) is 11.2 Å². The van der Waals surface area contributed by atoms with Crippen LogP contribution in [0, 0.1) is 0 Å². The molecule has 0 aliphatic heterocycles. The molecule has 1 rings (SSSR count). The lowest BCUT2D eigenvalue weighted by Gasteiger charge is -2.06. The van der Waals surface area contributed by atoms with Gasteiger partial charge in [-0.05, 0) is 24.1 Å². The van der Waals surface area contributed by atoms with E-state index in [1.807, 2.05) is 24.3 Å². The molecule has 0 heterocycles. The van der Waals surface area contributed by atoms with Crippen molar-refractivity contribution in [2.24, 2.45) is 0 Å². The van der Waals surface area contributed by atoms with Gasteiger partial charge in [-0.1, -0.05) is 28.1 Å². The Bertz CT molecular complexity index is 345. The zero-order valence-electron chi connectivity index (χ0n) is 9.13. The minimum atomic E-state index is -0.211. The van der Waals surface area contributed by atoms with Gasteiger partial charge in [0.15, 0.2) is 0 Å². The first-order valence-corrected chi connectivity index (χ1v) is 5.77. The van der Waals surface area contributed by atoms with E-state index in [1.165, 1.54) is 12.7 Å². The predicted molar refractivity (Wildman–Crippen MR) is 66.3 cm³/mol. The molecular formula is C11H15BrN2O2. The van der Waals surface area contributed by atoms with Crippen LogP contribution in [0.2, 0.25) is 0 Å². The lowest BCUT2D eigenvalue weighted by atomic mass is 10.1. The summed E-state index contributed by atoms with van der Waals surface area (Å²) < 4.78 is 5.76. The molecule has 1 aromatic carbocycles. The number of nitrogens with one attached hydrogen (secondary N) is 2. The lowest BCUT2D eigenvalue weighted by molar-refractivity contribution is 0.172. The number of methoxy groups -OCH3 is 1. The number of amides is 2. The van der Waals surface area contributed by atoms with Crippen molar-refractivity contribution in [1.29, 1.82) is 0 Å². The summed E-state index contributed by atoms with van der Waals surface area (Å²) in [5, 5.41) is 5.29. The quantitative estimate of drug-likeness (QED) is 0.813. The third-order valence-corrected chi connectivity index (χ3v) is 2.46. The molecule has 5 heteroatoms. The van der Waals surface area contributed by atoms with E-state index in [0.29, 0.717) is 6.54 Å². The molecule has 2 N–H and O–H groups in total. The van der Waals surface area contributed by atoms with Crippen LogP contribution in [0.15, 0.2) is 28.7 Å². The van der Waals surface area contributed by atoms with Crippen LogP contribution >= 0.6 is 15.9 Å². The van der Waals surface area contributed by atoms with Gasteiger partial charge in [-0.25, -0.2) is 4.79 Å². The summed E-state index contributed by atoms with van der Waals surface area (Å²) in [4.78, 5) is 11.1. The fourth-order valence-corrected chi connectivity index (χ4v) is 1.66. The number of rotatable bonds is 5. The second-order valence-corrected chi connectivity index (χ2v) is 4.16. The Hall–Kier alpha value is -1.07. The summed E-state index contributed by atoms with van der Waals surface area (Å²) in [5.41, 5.74) is 1.18. The molecule has 0 aliphatic rings. The Labute approximate surface area is 103 Å². The van der Waals surface area contributed by atoms with Crippen molar-refractivity contribution in [1.82, 2.24) is 10.6 Å². The highest BCUT2D eigenvalue weighted by Gasteiger charge is 1.98. The highest BCUT2D eigenvalue weighted by Crippen LogP contribution is 2.11. The summed E-state index contributed by atoms with van der Waals surface area (Å²) >= 11 is 3.40. The highest BCUT2D eigenvalue weighted by atomic mass is 79.9. The van der Waals surface area contributed by atoms with Gasteiger partial charge in [0.2, 0.25) is 0 Å². The average Bonchev–Trinajstić information content (AvgIpc) is 2.26. The van der Waals surface area contributed by atoms with Crippen LogP contribution in [0.25, 0.3) is 0 Å². The first-order valence-electron chi connectivity index (χ1n) is 4.97. The van der Waals surface area contributed by atoms with Gasteiger partial charge in [-0.2, -0.15) is 0 Å². The van der Waals surface area contributed by atoms with E-state index >= 15 is 0 Å². The summed E-state index contributed by atoms with van der Waals surface area (Å²) in [7, 11) is 1.53. The maximum atomic E-state index is 11.1. The van der Waals surface area contributed by atoms with Crippen LogP contribution in [0.5, 0.6) is 0 Å². The number of carbonyl (C=O) groups excluding carboxylic acids is 1. The SMILES string of the molecule is COCNC(=O)NCCc1cccc(Br)c1. The molecule has 0 bridgehead atoms. The van der Waals surface area contributed by atoms with Crippen LogP contribution in [0.1, 0.15) is 5.56 Å². The Morgan fingerprint density at radius 3 is 2.94 bits per heavy atom. The Kier molecular flexibility index (Phi) is 5.88. The summed E-state index contributed by atoms with van der Waals surface area (Å²) in [6, 6.07) is 7.80. The zero-order chi connectivity index (χ0) is 11.8. The average molecular weight is 287 g/mol. The molecule has 2 amide bonds. The lowest BCUT2D eigenvalue weighted by Crippen LogP contribution is -2.37. The highest BCUT2D eigenvalue weighted by molar-refractivity contribution is 9.10. The van der Waals surface area contributed by atoms with E-state index in [-0.39, 0.29) is 12.8 Å². The molecule has 0 saturated heterocycles. The number of ether oxygens (including phenoxy) is 1. The van der Waals surface area contributed by atoms with Crippen LogP contribution < -0.4 is 10.6 Å². The maximum absolute atomic E-state index is 11.1. The fraction of sp³-hybridized carbons (Fsp3) is 0.364. The second kappa shape index (κ2) is 7.24. The number of benzene rings is 1. The van der Waals surface area contributed by atoms with Gasteiger partial charge < -0.3 is 15.4 Å². The Balaban J connectivity index is 2.22. The number of urea groups is 1. The van der Waals surface area contributed by atoms with Gasteiger partial charge in [0.25, 0.3) is 0 Å². The third-order valence-electron chi connectivity index (χ3n) is 1.97. The summed E-state index contributed by atoms with van der Waals surface area (Å²) in [6.07, 6.45) is 0.805. The third kappa shape index (κ3) is 5.14. The number of halogens is 1. The number of hydrogen-bond acceptors (Lipinski definition) is 2. The van der Waals surface area contributed by atoms with E-state index in [9.17, 15) is 4.79 Å². The van der Waals surface area contributed by atoms with E-state index in [1.54, 1.807) is 0 Å². The minimum Gasteiger partial charge on any atom is -0.364 e. The van der Waals surface area contributed by atoms with Crippen molar-refractivity contribution in [2.45, 2.75) is 6.42 Å². The van der Waals surface area contributed by atoms with Gasteiger partial charge in [0, 0.05) is 18.1 Å². The molecule has 88 valence electrons. The predicted octanol–water partition coefficient (Wildman–Crippen LogP) is 1.89. The van der Waals surface area contributed by atoms with E-state index in [2.05, 4.69) is 26.6 Å². The number of hydrogen-bond donors (Lipinski definition) is 2. The van der Waals surface area contributed by atoms with Gasteiger partial charge in [0.1, 0.15) is 6.73 Å². The van der Waals surface area contributed by atoms with Gasteiger partial charge in [0.05, 0.1) is 0 Å². The second-order valence-electron chi connectivity index (χ2n) is 3.25.